The Bertz CT molecular complexity index is 2510. The van der Waals surface area contributed by atoms with Crippen LogP contribution in [0.25, 0.3) is 0 Å². The van der Waals surface area contributed by atoms with Crippen molar-refractivity contribution >= 4 is 69.9 Å². The van der Waals surface area contributed by atoms with Crippen LogP contribution in [0.2, 0.25) is 0 Å². The maximum Gasteiger partial charge on any atom is 1.00 e. The zero-order valence-electron chi connectivity index (χ0n) is 36.0. The average Bonchev–Trinajstić information content (AvgIpc) is 3.44. The fourth-order valence-electron chi connectivity index (χ4n) is 7.07. The number of carbonyl (C=O) groups excluding carboxylic acids is 1. The maximum absolute atomic E-state index is 13.0. The summed E-state index contributed by atoms with van der Waals surface area (Å²) < 4.78 is 140. The standard InChI is InChI=1S/C37H50N4O14S4.3Na/c1-36(2)29-24-27(35(42)39-17-23-59(52,53)54)12-14-31(29)40(18-5-7-20-56(43,44)45)33(36)10-9-11-34-37(3,4)30-25-28(55-26-38-16-22-58(49,50)51)13-15-32(30)41(34)19-6-8-21-57(46,47)48;;;/h9-15,24-26H,5-8,16-23H2,1-4H3,(H4-,39,42,43,44,45,46,47,48,49,50,51,52,53,54);;;/q;3*+1/p-2. The van der Waals surface area contributed by atoms with Crippen LogP contribution in [0.4, 0.5) is 11.4 Å². The molecule has 0 aliphatic carbocycles. The van der Waals surface area contributed by atoms with Gasteiger partial charge in [-0.25, -0.2) is 25.3 Å². The molecule has 0 saturated carbocycles. The molecule has 2 aromatic rings. The molecular weight excluding hydrogens is 922 g/mol. The van der Waals surface area contributed by atoms with Gasteiger partial charge in [0.15, 0.2) is 12.1 Å². The van der Waals surface area contributed by atoms with Crippen molar-refractivity contribution in [3.05, 3.63) is 77.0 Å². The van der Waals surface area contributed by atoms with Crippen molar-refractivity contribution in [2.24, 2.45) is 4.99 Å². The molecule has 0 radical (unpaired) electrons. The van der Waals surface area contributed by atoms with Gasteiger partial charge in [0.25, 0.3) is 16.0 Å². The first-order chi connectivity index (χ1) is 27.2. The van der Waals surface area contributed by atoms with Crippen molar-refractivity contribution in [1.29, 1.82) is 0 Å². The van der Waals surface area contributed by atoms with E-state index in [0.717, 1.165) is 40.3 Å². The molecular formula is C37H48N4Na3O14S4+. The summed E-state index contributed by atoms with van der Waals surface area (Å²) in [5.41, 5.74) is 3.54. The Balaban J connectivity index is 0.00000641. The first-order valence-corrected chi connectivity index (χ1v) is 24.8. The van der Waals surface area contributed by atoms with Crippen LogP contribution < -0.4 is 104 Å². The van der Waals surface area contributed by atoms with Crippen molar-refractivity contribution in [2.45, 2.75) is 64.2 Å². The quantitative estimate of drug-likeness (QED) is 0.0294. The number of amides is 1. The number of anilines is 1. The monoisotopic (exact) mass is 969 g/mol. The van der Waals surface area contributed by atoms with Crippen molar-refractivity contribution in [1.82, 2.24) is 5.32 Å². The fourth-order valence-corrected chi connectivity index (χ4v) is 8.87. The first kappa shape index (κ1) is 59.0. The average molecular weight is 970 g/mol. The number of carbonyl (C=O) groups is 1. The van der Waals surface area contributed by atoms with E-state index in [0.29, 0.717) is 31.7 Å². The number of rotatable bonds is 21. The van der Waals surface area contributed by atoms with Gasteiger partial charge in [-0.1, -0.05) is 19.9 Å². The molecule has 0 saturated heterocycles. The van der Waals surface area contributed by atoms with Gasteiger partial charge >= 0.3 is 88.7 Å². The summed E-state index contributed by atoms with van der Waals surface area (Å²) >= 11 is 0. The van der Waals surface area contributed by atoms with Gasteiger partial charge in [-0.3, -0.25) is 14.3 Å². The molecule has 2 aromatic carbocycles. The molecule has 0 fully saturated rings. The van der Waals surface area contributed by atoms with Crippen LogP contribution in [0, 0.1) is 0 Å². The van der Waals surface area contributed by atoms with Gasteiger partial charge in [-0.15, -0.1) is 0 Å². The summed E-state index contributed by atoms with van der Waals surface area (Å²) in [5.74, 6) is -2.59. The van der Waals surface area contributed by atoms with E-state index in [1.165, 1.54) is 0 Å². The third-order valence-corrected chi connectivity index (χ3v) is 12.9. The summed E-state index contributed by atoms with van der Waals surface area (Å²) in [6.45, 7) is 7.91. The number of hydrogen-bond acceptors (Lipinski definition) is 15. The molecule has 25 heteroatoms. The molecule has 18 nitrogen and oxygen atoms in total. The number of fused-ring (bicyclic) bond motifs is 2. The molecule has 2 aliphatic rings. The van der Waals surface area contributed by atoms with Crippen LogP contribution in [-0.4, -0.2) is 124 Å². The van der Waals surface area contributed by atoms with Gasteiger partial charge in [-0.2, -0.15) is 13.0 Å². The molecule has 4 rings (SSSR count). The Kier molecular flexibility index (Phi) is 23.0. The molecule has 2 heterocycles. The Morgan fingerprint density at radius 1 is 0.806 bits per heavy atom. The summed E-state index contributed by atoms with van der Waals surface area (Å²) in [6.07, 6.45) is 7.74. The van der Waals surface area contributed by atoms with Crippen LogP contribution >= 0.6 is 0 Å². The van der Waals surface area contributed by atoms with Crippen molar-refractivity contribution in [3.63, 3.8) is 0 Å². The minimum atomic E-state index is -4.54. The number of nitrogens with zero attached hydrogens (tertiary/aromatic N) is 3. The minimum Gasteiger partial charge on any atom is -0.748 e. The zero-order chi connectivity index (χ0) is 44.0. The third-order valence-electron chi connectivity index (χ3n) is 9.96. The van der Waals surface area contributed by atoms with E-state index in [1.54, 1.807) is 30.3 Å². The van der Waals surface area contributed by atoms with Crippen molar-refractivity contribution < 1.29 is 155 Å². The van der Waals surface area contributed by atoms with Gasteiger partial charge in [-0.05, 0) is 75.1 Å². The largest absolute Gasteiger partial charge is 1.00 e. The number of nitrogens with one attached hydrogen (secondary N) is 1. The summed E-state index contributed by atoms with van der Waals surface area (Å²) in [5, 5.41) is 2.45. The molecule has 1 amide bonds. The molecule has 0 unspecified atom stereocenters. The van der Waals surface area contributed by atoms with Gasteiger partial charge < -0.3 is 28.6 Å². The maximum atomic E-state index is 13.0. The predicted molar refractivity (Wildman–Crippen MR) is 218 cm³/mol. The smallest absolute Gasteiger partial charge is 0.748 e. The molecule has 0 atom stereocenters. The summed E-state index contributed by atoms with van der Waals surface area (Å²) in [7, 11) is -17.6. The second-order valence-corrected chi connectivity index (χ2v) is 21.3. The van der Waals surface area contributed by atoms with E-state index in [-0.39, 0.29) is 120 Å². The number of unbranched alkanes of at least 4 members (excludes halogenated alkanes) is 2. The SMILES string of the molecule is CC1(C)C(C=C/C=C2/N(CCCCS(=O)(=O)[O-])c3ccc(C(=O)NCCS(=O)(=O)[O-])cc3C2(C)C)=[N+](CCCCS(=O)(=O)O)c2ccc(OC=NCCS(=O)(=O)[O-])cc21.[Na+].[Na+].[Na+]. The number of ether oxygens (including phenoxy) is 1. The molecule has 326 valence electrons. The Hall–Kier alpha value is -1.03. The molecule has 0 bridgehead atoms. The van der Waals surface area contributed by atoms with Crippen LogP contribution in [0.5, 0.6) is 5.75 Å². The predicted octanol–water partition coefficient (Wildman–Crippen LogP) is -6.47. The second-order valence-electron chi connectivity index (χ2n) is 15.1. The first-order valence-electron chi connectivity index (χ1n) is 18.5. The van der Waals surface area contributed by atoms with E-state index in [2.05, 4.69) is 10.3 Å². The topological polar surface area (TPSA) is 283 Å². The van der Waals surface area contributed by atoms with E-state index in [9.17, 15) is 56.7 Å². The molecule has 2 aliphatic heterocycles. The fraction of sp³-hybridized carbons (Fsp3) is 0.486. The Morgan fingerprint density at radius 3 is 2.05 bits per heavy atom. The number of hydrogen-bond donors (Lipinski definition) is 2. The Labute approximate surface area is 431 Å². The molecule has 62 heavy (non-hydrogen) atoms. The van der Waals surface area contributed by atoms with Crippen molar-refractivity contribution in [3.8, 4) is 5.75 Å². The normalized spacial score (nSPS) is 16.5. The van der Waals surface area contributed by atoms with Crippen LogP contribution in [0.15, 0.2) is 65.3 Å². The number of aliphatic imine (C=N–C) groups is 1. The van der Waals surface area contributed by atoms with Gasteiger partial charge in [0.1, 0.15) is 12.3 Å². The summed E-state index contributed by atoms with van der Waals surface area (Å²) in [6, 6.07) is 10.2. The number of allylic oxidation sites excluding steroid dienone is 4. The van der Waals surface area contributed by atoms with Crippen LogP contribution in [0.3, 0.4) is 0 Å². The number of benzene rings is 2. The summed E-state index contributed by atoms with van der Waals surface area (Å²) in [4.78, 5) is 18.8. The van der Waals surface area contributed by atoms with Gasteiger partial charge in [0.2, 0.25) is 5.69 Å². The van der Waals surface area contributed by atoms with Gasteiger partial charge in [0, 0.05) is 65.3 Å². The van der Waals surface area contributed by atoms with E-state index in [4.69, 9.17) is 4.74 Å². The minimum absolute atomic E-state index is 0. The molecule has 2 N–H and O–H groups in total. The zero-order valence-corrected chi connectivity index (χ0v) is 45.3. The van der Waals surface area contributed by atoms with E-state index >= 15 is 0 Å². The van der Waals surface area contributed by atoms with E-state index in [1.807, 2.05) is 61.5 Å². The van der Waals surface area contributed by atoms with Crippen LogP contribution in [0.1, 0.15) is 74.9 Å². The molecule has 0 spiro atoms. The van der Waals surface area contributed by atoms with Gasteiger partial charge in [0.05, 0.1) is 59.6 Å². The Morgan fingerprint density at radius 2 is 1.44 bits per heavy atom. The molecule has 0 aromatic heterocycles. The second kappa shape index (κ2) is 24.1. The third kappa shape index (κ3) is 17.3. The van der Waals surface area contributed by atoms with Crippen LogP contribution in [-0.2, 0) is 51.3 Å². The van der Waals surface area contributed by atoms with Crippen molar-refractivity contribution in [2.75, 3.05) is 54.1 Å². The van der Waals surface area contributed by atoms with E-state index < -0.39 is 80.2 Å².